The molecule has 1 aliphatic rings. The molecule has 0 aromatic carbocycles. The van der Waals surface area contributed by atoms with E-state index in [2.05, 4.69) is 31.0 Å². The Morgan fingerprint density at radius 1 is 1.50 bits per heavy atom. The molecule has 1 aromatic heterocycles. The van der Waals surface area contributed by atoms with Gasteiger partial charge in [0, 0.05) is 12.6 Å². The first-order chi connectivity index (χ1) is 7.65. The summed E-state index contributed by atoms with van der Waals surface area (Å²) < 4.78 is 7.67. The number of aliphatic hydroxyl groups is 1. The molecular weight excluding hydrogens is 206 g/mol. The van der Waals surface area contributed by atoms with E-state index in [0.29, 0.717) is 11.7 Å². The lowest BCUT2D eigenvalue weighted by atomic mass is 10.0. The van der Waals surface area contributed by atoms with Crippen LogP contribution in [0, 0.1) is 5.92 Å². The second kappa shape index (κ2) is 4.51. The number of ether oxygens (including phenoxy) is 1. The van der Waals surface area contributed by atoms with Gasteiger partial charge in [-0.15, -0.1) is 10.2 Å². The Hall–Kier alpha value is -0.940. The first kappa shape index (κ1) is 11.5. The summed E-state index contributed by atoms with van der Waals surface area (Å²) in [6.45, 7) is 6.99. The van der Waals surface area contributed by atoms with E-state index >= 15 is 0 Å². The Kier molecular flexibility index (Phi) is 3.25. The molecule has 1 saturated heterocycles. The first-order valence-corrected chi connectivity index (χ1v) is 5.81. The Morgan fingerprint density at radius 2 is 2.25 bits per heavy atom. The van der Waals surface area contributed by atoms with Gasteiger partial charge in [-0.25, -0.2) is 0 Å². The minimum atomic E-state index is -0.0771. The second-order valence-corrected chi connectivity index (χ2v) is 4.65. The monoisotopic (exact) mass is 225 g/mol. The molecule has 0 spiro atoms. The second-order valence-electron chi connectivity index (χ2n) is 4.65. The maximum absolute atomic E-state index is 9.23. The summed E-state index contributed by atoms with van der Waals surface area (Å²) in [6.07, 6.45) is 1.08. The van der Waals surface area contributed by atoms with E-state index in [9.17, 15) is 5.11 Å². The van der Waals surface area contributed by atoms with E-state index in [1.807, 2.05) is 4.57 Å². The fourth-order valence-electron chi connectivity index (χ4n) is 2.23. The minimum absolute atomic E-state index is 0.0233. The molecule has 0 saturated carbocycles. The molecule has 0 amide bonds. The van der Waals surface area contributed by atoms with Crippen LogP contribution in [0.4, 0.5) is 0 Å². The van der Waals surface area contributed by atoms with Crippen LogP contribution < -0.4 is 0 Å². The average molecular weight is 225 g/mol. The van der Waals surface area contributed by atoms with E-state index in [4.69, 9.17) is 4.74 Å². The zero-order valence-corrected chi connectivity index (χ0v) is 10.1. The van der Waals surface area contributed by atoms with E-state index < -0.39 is 0 Å². The van der Waals surface area contributed by atoms with Crippen molar-refractivity contribution in [3.63, 3.8) is 0 Å². The molecule has 2 atom stereocenters. The Morgan fingerprint density at radius 3 is 2.75 bits per heavy atom. The number of hydrogen-bond acceptors (Lipinski definition) is 4. The van der Waals surface area contributed by atoms with Gasteiger partial charge in [-0.1, -0.05) is 6.92 Å². The normalized spacial score (nSPS) is 25.6. The van der Waals surface area contributed by atoms with Gasteiger partial charge in [-0.3, -0.25) is 0 Å². The fraction of sp³-hybridized carbons (Fsp3) is 0.818. The van der Waals surface area contributed by atoms with Crippen molar-refractivity contribution in [3.05, 3.63) is 11.6 Å². The predicted molar refractivity (Wildman–Crippen MR) is 58.8 cm³/mol. The number of aliphatic hydroxyl groups excluding tert-OH is 1. The Labute approximate surface area is 95.4 Å². The maximum atomic E-state index is 9.23. The topological polar surface area (TPSA) is 60.2 Å². The van der Waals surface area contributed by atoms with Crippen molar-refractivity contribution in [1.29, 1.82) is 0 Å². The molecule has 2 heterocycles. The molecule has 1 fully saturated rings. The molecule has 1 aliphatic heterocycles. The third-order valence-corrected chi connectivity index (χ3v) is 3.09. The summed E-state index contributed by atoms with van der Waals surface area (Å²) in [5.74, 6) is 1.94. The zero-order valence-electron chi connectivity index (χ0n) is 10.1. The van der Waals surface area contributed by atoms with E-state index in [1.165, 1.54) is 0 Å². The average Bonchev–Trinajstić information content (AvgIpc) is 2.82. The zero-order chi connectivity index (χ0) is 11.7. The molecular formula is C11H19N3O2. The third kappa shape index (κ3) is 1.85. The van der Waals surface area contributed by atoms with Gasteiger partial charge in [0.2, 0.25) is 0 Å². The van der Waals surface area contributed by atoms with Crippen LogP contribution in [0.5, 0.6) is 0 Å². The summed E-state index contributed by atoms with van der Waals surface area (Å²) in [7, 11) is 0. The van der Waals surface area contributed by atoms with Crippen LogP contribution in [0.25, 0.3) is 0 Å². The van der Waals surface area contributed by atoms with E-state index in [0.717, 1.165) is 18.9 Å². The highest BCUT2D eigenvalue weighted by Crippen LogP contribution is 2.34. The highest BCUT2D eigenvalue weighted by Gasteiger charge is 2.31. The smallest absolute Gasteiger partial charge is 0.162 e. The molecule has 1 aromatic rings. The van der Waals surface area contributed by atoms with Gasteiger partial charge < -0.3 is 14.4 Å². The maximum Gasteiger partial charge on any atom is 0.162 e. The van der Waals surface area contributed by atoms with Crippen LogP contribution >= 0.6 is 0 Å². The van der Waals surface area contributed by atoms with Crippen LogP contribution in [0.1, 0.15) is 51.0 Å². The van der Waals surface area contributed by atoms with Crippen LogP contribution in [0.2, 0.25) is 0 Å². The molecule has 16 heavy (non-hydrogen) atoms. The van der Waals surface area contributed by atoms with Crippen LogP contribution in [0.15, 0.2) is 0 Å². The van der Waals surface area contributed by atoms with Crippen molar-refractivity contribution in [2.75, 3.05) is 6.61 Å². The summed E-state index contributed by atoms with van der Waals surface area (Å²) in [6, 6.07) is 0.239. The number of nitrogens with zero attached hydrogens (tertiary/aromatic N) is 3. The lowest BCUT2D eigenvalue weighted by Gasteiger charge is -2.18. The van der Waals surface area contributed by atoms with Gasteiger partial charge in [0.05, 0.1) is 0 Å². The van der Waals surface area contributed by atoms with Gasteiger partial charge in [-0.2, -0.15) is 0 Å². The number of rotatable bonds is 3. The molecule has 0 aliphatic carbocycles. The van der Waals surface area contributed by atoms with Crippen molar-refractivity contribution in [3.8, 4) is 0 Å². The molecule has 5 nitrogen and oxygen atoms in total. The summed E-state index contributed by atoms with van der Waals surface area (Å²) in [5.41, 5.74) is 0. The predicted octanol–water partition coefficient (Wildman–Crippen LogP) is 1.45. The highest BCUT2D eigenvalue weighted by atomic mass is 16.5. The highest BCUT2D eigenvalue weighted by molar-refractivity contribution is 5.03. The minimum Gasteiger partial charge on any atom is -0.388 e. The summed E-state index contributed by atoms with van der Waals surface area (Å²) >= 11 is 0. The largest absolute Gasteiger partial charge is 0.388 e. The van der Waals surface area contributed by atoms with Crippen LogP contribution in [-0.2, 0) is 11.3 Å². The number of hydrogen-bond donors (Lipinski definition) is 1. The Balaban J connectivity index is 2.36. The van der Waals surface area contributed by atoms with Crippen molar-refractivity contribution in [1.82, 2.24) is 14.8 Å². The van der Waals surface area contributed by atoms with E-state index in [1.54, 1.807) is 0 Å². The molecule has 1 N–H and O–H groups in total. The molecule has 2 unspecified atom stereocenters. The lowest BCUT2D eigenvalue weighted by molar-refractivity contribution is 0.0825. The van der Waals surface area contributed by atoms with Crippen LogP contribution in [-0.4, -0.2) is 26.5 Å². The SMILES string of the molecule is CC1CCOC1c1nnc(CO)n1C(C)C. The molecule has 2 rings (SSSR count). The standard InChI is InChI=1S/C11H19N3O2/c1-7(2)14-9(6-15)12-13-11(14)10-8(3)4-5-16-10/h7-8,10,15H,4-6H2,1-3H3. The number of aromatic nitrogens is 3. The van der Waals surface area contributed by atoms with Crippen molar-refractivity contribution in [2.45, 2.75) is 45.9 Å². The fourth-order valence-corrected chi connectivity index (χ4v) is 2.23. The molecule has 5 heteroatoms. The quantitative estimate of drug-likeness (QED) is 0.845. The van der Waals surface area contributed by atoms with Gasteiger partial charge in [-0.05, 0) is 26.2 Å². The van der Waals surface area contributed by atoms with Gasteiger partial charge in [0.1, 0.15) is 12.7 Å². The van der Waals surface area contributed by atoms with Crippen LogP contribution in [0.3, 0.4) is 0 Å². The molecule has 0 bridgehead atoms. The first-order valence-electron chi connectivity index (χ1n) is 5.81. The van der Waals surface area contributed by atoms with Gasteiger partial charge in [0.25, 0.3) is 0 Å². The van der Waals surface area contributed by atoms with Crippen molar-refractivity contribution >= 4 is 0 Å². The van der Waals surface area contributed by atoms with E-state index in [-0.39, 0.29) is 18.8 Å². The van der Waals surface area contributed by atoms with Gasteiger partial charge >= 0.3 is 0 Å². The van der Waals surface area contributed by atoms with Crippen molar-refractivity contribution in [2.24, 2.45) is 5.92 Å². The molecule has 90 valence electrons. The molecule has 0 radical (unpaired) electrons. The summed E-state index contributed by atoms with van der Waals surface area (Å²) in [5, 5.41) is 17.4. The summed E-state index contributed by atoms with van der Waals surface area (Å²) in [4.78, 5) is 0. The van der Waals surface area contributed by atoms with Gasteiger partial charge in [0.15, 0.2) is 11.6 Å². The Bertz CT molecular complexity index is 362. The lowest BCUT2D eigenvalue weighted by Crippen LogP contribution is -2.16. The van der Waals surface area contributed by atoms with Crippen molar-refractivity contribution < 1.29 is 9.84 Å². The third-order valence-electron chi connectivity index (χ3n) is 3.09.